The molecule has 3 N–H and O–H groups in total. The van der Waals surface area contributed by atoms with Gasteiger partial charge in [-0.1, -0.05) is 25.5 Å². The molecule has 0 bridgehead atoms. The van der Waals surface area contributed by atoms with Crippen molar-refractivity contribution in [1.29, 1.82) is 0 Å². The molecule has 0 aromatic heterocycles. The number of nitrogens with one attached hydrogen (secondary N) is 1. The third-order valence-electron chi connectivity index (χ3n) is 3.36. The van der Waals surface area contributed by atoms with Crippen LogP contribution in [0.5, 0.6) is 11.5 Å². The molecule has 2 aromatic carbocycles. The number of phenolic OH excluding ortho intramolecular Hbond substituents is 2. The number of rotatable bonds is 5. The van der Waals surface area contributed by atoms with Gasteiger partial charge in [0.1, 0.15) is 11.5 Å². The topological polar surface area (TPSA) is 52.5 Å². The fraction of sp³-hybridized carbons (Fsp3) is 0.294. The third kappa shape index (κ3) is 3.44. The van der Waals surface area contributed by atoms with E-state index in [2.05, 4.69) is 36.5 Å². The second-order valence-electron chi connectivity index (χ2n) is 5.06. The van der Waals surface area contributed by atoms with E-state index in [0.717, 1.165) is 24.1 Å². The lowest BCUT2D eigenvalue weighted by Gasteiger charge is -2.17. The first-order chi connectivity index (χ1) is 9.60. The molecule has 1 atom stereocenters. The van der Waals surface area contributed by atoms with Crippen molar-refractivity contribution >= 4 is 5.69 Å². The first-order valence-electron chi connectivity index (χ1n) is 6.97. The summed E-state index contributed by atoms with van der Waals surface area (Å²) < 4.78 is 0. The predicted octanol–water partition coefficient (Wildman–Crippen LogP) is 4.22. The molecule has 0 aliphatic rings. The number of benzene rings is 2. The van der Waals surface area contributed by atoms with Gasteiger partial charge in [0.25, 0.3) is 0 Å². The minimum atomic E-state index is -0.0346. The molecule has 0 fully saturated rings. The van der Waals surface area contributed by atoms with Crippen LogP contribution in [-0.4, -0.2) is 10.2 Å². The van der Waals surface area contributed by atoms with Crippen LogP contribution in [0.3, 0.4) is 0 Å². The van der Waals surface area contributed by atoms with Crippen molar-refractivity contribution in [2.45, 2.75) is 32.7 Å². The van der Waals surface area contributed by atoms with E-state index in [1.165, 1.54) is 11.6 Å². The Hall–Kier alpha value is -2.16. The average Bonchev–Trinajstić information content (AvgIpc) is 2.41. The number of hydrogen-bond acceptors (Lipinski definition) is 3. The highest BCUT2D eigenvalue weighted by atomic mass is 16.3. The SMILES string of the molecule is CCCc1ccc(NC(C)c2ccc(O)cc2O)cc1. The van der Waals surface area contributed by atoms with Crippen LogP contribution in [0.1, 0.15) is 37.4 Å². The largest absolute Gasteiger partial charge is 0.508 e. The highest BCUT2D eigenvalue weighted by molar-refractivity contribution is 5.49. The smallest absolute Gasteiger partial charge is 0.124 e. The van der Waals surface area contributed by atoms with Crippen molar-refractivity contribution in [2.75, 3.05) is 5.32 Å². The zero-order valence-electron chi connectivity index (χ0n) is 11.9. The van der Waals surface area contributed by atoms with E-state index in [1.807, 2.05) is 6.92 Å². The van der Waals surface area contributed by atoms with Crippen LogP contribution in [-0.2, 0) is 6.42 Å². The fourth-order valence-electron chi connectivity index (χ4n) is 2.28. The Morgan fingerprint density at radius 2 is 1.75 bits per heavy atom. The summed E-state index contributed by atoms with van der Waals surface area (Å²) in [5, 5.41) is 22.5. The number of anilines is 1. The Balaban J connectivity index is 2.08. The summed E-state index contributed by atoms with van der Waals surface area (Å²) in [4.78, 5) is 0. The molecule has 20 heavy (non-hydrogen) atoms. The highest BCUT2D eigenvalue weighted by Crippen LogP contribution is 2.29. The molecule has 0 heterocycles. The number of aryl methyl sites for hydroxylation is 1. The van der Waals surface area contributed by atoms with Gasteiger partial charge in [0.2, 0.25) is 0 Å². The highest BCUT2D eigenvalue weighted by Gasteiger charge is 2.10. The third-order valence-corrected chi connectivity index (χ3v) is 3.36. The van der Waals surface area contributed by atoms with Crippen molar-refractivity contribution in [3.8, 4) is 11.5 Å². The lowest BCUT2D eigenvalue weighted by Crippen LogP contribution is -2.06. The van der Waals surface area contributed by atoms with Crippen LogP contribution in [0.15, 0.2) is 42.5 Å². The Bertz CT molecular complexity index is 564. The molecule has 1 unspecified atom stereocenters. The number of phenols is 2. The summed E-state index contributed by atoms with van der Waals surface area (Å²) in [7, 11) is 0. The van der Waals surface area contributed by atoms with Gasteiger partial charge in [-0.25, -0.2) is 0 Å². The summed E-state index contributed by atoms with van der Waals surface area (Å²) in [6.45, 7) is 4.15. The summed E-state index contributed by atoms with van der Waals surface area (Å²) in [6, 6.07) is 13.0. The van der Waals surface area contributed by atoms with Crippen molar-refractivity contribution in [3.05, 3.63) is 53.6 Å². The molecule has 2 aromatic rings. The molecule has 0 amide bonds. The van der Waals surface area contributed by atoms with Crippen molar-refractivity contribution in [2.24, 2.45) is 0 Å². The van der Waals surface area contributed by atoms with Crippen LogP contribution in [0, 0.1) is 0 Å². The summed E-state index contributed by atoms with van der Waals surface area (Å²) in [5.74, 6) is 0.176. The minimum absolute atomic E-state index is 0.0346. The summed E-state index contributed by atoms with van der Waals surface area (Å²) in [5.41, 5.74) is 3.11. The summed E-state index contributed by atoms with van der Waals surface area (Å²) >= 11 is 0. The first kappa shape index (κ1) is 14.3. The van der Waals surface area contributed by atoms with E-state index in [-0.39, 0.29) is 17.5 Å². The molecule has 0 saturated carbocycles. The van der Waals surface area contributed by atoms with Gasteiger partial charge in [-0.3, -0.25) is 0 Å². The predicted molar refractivity (Wildman–Crippen MR) is 82.2 cm³/mol. The molecule has 106 valence electrons. The second kappa shape index (κ2) is 6.33. The number of aromatic hydroxyl groups is 2. The maximum absolute atomic E-state index is 9.85. The molecule has 3 nitrogen and oxygen atoms in total. The van der Waals surface area contributed by atoms with E-state index in [9.17, 15) is 10.2 Å². The first-order valence-corrected chi connectivity index (χ1v) is 6.97. The molecule has 0 aliphatic heterocycles. The Morgan fingerprint density at radius 1 is 1.05 bits per heavy atom. The monoisotopic (exact) mass is 271 g/mol. The van der Waals surface area contributed by atoms with Gasteiger partial charge in [-0.15, -0.1) is 0 Å². The molecule has 0 spiro atoms. The molecule has 0 radical (unpaired) electrons. The molecule has 2 rings (SSSR count). The van der Waals surface area contributed by atoms with E-state index in [1.54, 1.807) is 12.1 Å². The van der Waals surface area contributed by atoms with Crippen molar-refractivity contribution in [3.63, 3.8) is 0 Å². The van der Waals surface area contributed by atoms with Gasteiger partial charge >= 0.3 is 0 Å². The van der Waals surface area contributed by atoms with Crippen LogP contribution in [0.2, 0.25) is 0 Å². The Labute approximate surface area is 119 Å². The van der Waals surface area contributed by atoms with Gasteiger partial charge in [0.15, 0.2) is 0 Å². The maximum Gasteiger partial charge on any atom is 0.124 e. The molecule has 0 aliphatic carbocycles. The lowest BCUT2D eigenvalue weighted by atomic mass is 10.1. The fourth-order valence-corrected chi connectivity index (χ4v) is 2.28. The molecular weight excluding hydrogens is 250 g/mol. The summed E-state index contributed by atoms with van der Waals surface area (Å²) in [6.07, 6.45) is 2.24. The average molecular weight is 271 g/mol. The van der Waals surface area contributed by atoms with E-state index in [4.69, 9.17) is 0 Å². The van der Waals surface area contributed by atoms with Gasteiger partial charge < -0.3 is 15.5 Å². The normalized spacial score (nSPS) is 12.1. The van der Waals surface area contributed by atoms with E-state index in [0.29, 0.717) is 0 Å². The van der Waals surface area contributed by atoms with Crippen molar-refractivity contribution < 1.29 is 10.2 Å². The van der Waals surface area contributed by atoms with Gasteiger partial charge in [-0.05, 0) is 43.2 Å². The zero-order valence-corrected chi connectivity index (χ0v) is 11.9. The van der Waals surface area contributed by atoms with E-state index < -0.39 is 0 Å². The maximum atomic E-state index is 9.85. The van der Waals surface area contributed by atoms with Gasteiger partial charge in [0, 0.05) is 17.3 Å². The lowest BCUT2D eigenvalue weighted by molar-refractivity contribution is 0.444. The van der Waals surface area contributed by atoms with Crippen LogP contribution in [0.25, 0.3) is 0 Å². The standard InChI is InChI=1S/C17H21NO2/c1-3-4-13-5-7-14(8-6-13)18-12(2)16-10-9-15(19)11-17(16)20/h5-12,18-20H,3-4H2,1-2H3. The Morgan fingerprint density at radius 3 is 2.35 bits per heavy atom. The quantitative estimate of drug-likeness (QED) is 0.763. The molecule has 0 saturated heterocycles. The van der Waals surface area contributed by atoms with Crippen LogP contribution in [0.4, 0.5) is 5.69 Å². The zero-order chi connectivity index (χ0) is 14.5. The second-order valence-corrected chi connectivity index (χ2v) is 5.06. The molecule has 3 heteroatoms. The van der Waals surface area contributed by atoms with Gasteiger partial charge in [-0.2, -0.15) is 0 Å². The van der Waals surface area contributed by atoms with Crippen LogP contribution < -0.4 is 5.32 Å². The molecular formula is C17H21NO2. The number of hydrogen-bond donors (Lipinski definition) is 3. The minimum Gasteiger partial charge on any atom is -0.508 e. The van der Waals surface area contributed by atoms with Gasteiger partial charge in [0.05, 0.1) is 6.04 Å². The van der Waals surface area contributed by atoms with Crippen molar-refractivity contribution in [1.82, 2.24) is 0 Å². The van der Waals surface area contributed by atoms with E-state index >= 15 is 0 Å². The Kier molecular flexibility index (Phi) is 4.51. The van der Waals surface area contributed by atoms with Crippen LogP contribution >= 0.6 is 0 Å².